The highest BCUT2D eigenvalue weighted by atomic mass is 35.5. The largest absolute Gasteiger partial charge is 0.480 e. The molecule has 1 saturated heterocycles. The highest BCUT2D eigenvalue weighted by Crippen LogP contribution is 2.23. The maximum absolute atomic E-state index is 12.3. The van der Waals surface area contributed by atoms with Crippen LogP contribution in [0.5, 0.6) is 0 Å². The number of hydrogen-bond donors (Lipinski definition) is 1. The van der Waals surface area contributed by atoms with Crippen molar-refractivity contribution >= 4 is 29.2 Å². The van der Waals surface area contributed by atoms with Gasteiger partial charge >= 0.3 is 5.97 Å². The molecule has 1 fully saturated rings. The Bertz CT molecular complexity index is 552. The van der Waals surface area contributed by atoms with E-state index < -0.39 is 11.4 Å². The van der Waals surface area contributed by atoms with Crippen LogP contribution in [0.2, 0.25) is 5.02 Å². The zero-order chi connectivity index (χ0) is 15.6. The molecule has 1 heterocycles. The Morgan fingerprint density at radius 1 is 1.19 bits per heavy atom. The summed E-state index contributed by atoms with van der Waals surface area (Å²) in [6.45, 7) is 5.26. The molecular weight excluding hydrogens is 292 g/mol. The van der Waals surface area contributed by atoms with Gasteiger partial charge in [-0.15, -0.1) is 0 Å². The molecule has 5 nitrogen and oxygen atoms in total. The van der Waals surface area contributed by atoms with Crippen LogP contribution in [0, 0.1) is 5.41 Å². The van der Waals surface area contributed by atoms with Gasteiger partial charge in [0.05, 0.1) is 0 Å². The van der Waals surface area contributed by atoms with Gasteiger partial charge in [-0.3, -0.25) is 9.59 Å². The molecule has 1 aromatic rings. The van der Waals surface area contributed by atoms with E-state index in [4.69, 9.17) is 16.7 Å². The Labute approximate surface area is 129 Å². The minimum atomic E-state index is -1.38. The van der Waals surface area contributed by atoms with E-state index in [9.17, 15) is 9.59 Å². The molecule has 1 N–H and O–H groups in total. The smallest absolute Gasteiger partial charge is 0.318 e. The van der Waals surface area contributed by atoms with Crippen molar-refractivity contribution in [3.8, 4) is 0 Å². The van der Waals surface area contributed by atoms with Crippen molar-refractivity contribution < 1.29 is 14.7 Å². The number of carbonyl (C=O) groups is 2. The Morgan fingerprint density at radius 3 is 2.33 bits per heavy atom. The lowest BCUT2D eigenvalue weighted by Crippen LogP contribution is -2.53. The number of anilines is 1. The summed E-state index contributed by atoms with van der Waals surface area (Å²) in [7, 11) is 0. The number of carbonyl (C=O) groups excluding carboxylic acids is 1. The van der Waals surface area contributed by atoms with E-state index in [2.05, 4.69) is 4.90 Å². The number of hydrogen-bond acceptors (Lipinski definition) is 3. The topological polar surface area (TPSA) is 60.9 Å². The van der Waals surface area contributed by atoms with Crippen molar-refractivity contribution in [2.24, 2.45) is 5.41 Å². The van der Waals surface area contributed by atoms with Gasteiger partial charge in [0.15, 0.2) is 0 Å². The van der Waals surface area contributed by atoms with Crippen LogP contribution in [-0.4, -0.2) is 48.1 Å². The molecular formula is C15H19ClN2O3. The van der Waals surface area contributed by atoms with Crippen LogP contribution < -0.4 is 4.90 Å². The Balaban J connectivity index is 2.01. The van der Waals surface area contributed by atoms with E-state index in [0.29, 0.717) is 31.2 Å². The standard InChI is InChI=1S/C15H19ClN2O3/c1-15(2,14(20)21)13(19)18-8-6-17(7-9-18)12-5-3-4-11(16)10-12/h3-5,10H,6-9H2,1-2H3,(H,20,21). The fourth-order valence-electron chi connectivity index (χ4n) is 2.33. The number of carboxylic acid groups (broad SMARTS) is 1. The van der Waals surface area contributed by atoms with Crippen molar-refractivity contribution in [3.63, 3.8) is 0 Å². The first-order valence-electron chi connectivity index (χ1n) is 6.85. The lowest BCUT2D eigenvalue weighted by molar-refractivity contribution is -0.158. The van der Waals surface area contributed by atoms with Crippen LogP contribution in [0.3, 0.4) is 0 Å². The van der Waals surface area contributed by atoms with Gasteiger partial charge in [-0.1, -0.05) is 17.7 Å². The summed E-state index contributed by atoms with van der Waals surface area (Å²) >= 11 is 5.98. The second-order valence-corrected chi connectivity index (χ2v) is 6.13. The monoisotopic (exact) mass is 310 g/mol. The van der Waals surface area contributed by atoms with Gasteiger partial charge in [-0.2, -0.15) is 0 Å². The molecule has 0 aromatic heterocycles. The summed E-state index contributed by atoms with van der Waals surface area (Å²) in [6.07, 6.45) is 0. The second-order valence-electron chi connectivity index (χ2n) is 5.69. The molecule has 0 aliphatic carbocycles. The lowest BCUT2D eigenvalue weighted by Gasteiger charge is -2.38. The molecule has 1 aliphatic rings. The zero-order valence-electron chi connectivity index (χ0n) is 12.2. The first-order chi connectivity index (χ1) is 9.82. The summed E-state index contributed by atoms with van der Waals surface area (Å²) in [5.41, 5.74) is -0.356. The van der Waals surface area contributed by atoms with Crippen LogP contribution in [-0.2, 0) is 9.59 Å². The zero-order valence-corrected chi connectivity index (χ0v) is 12.9. The maximum Gasteiger partial charge on any atom is 0.318 e. The van der Waals surface area contributed by atoms with Crippen LogP contribution in [0.15, 0.2) is 24.3 Å². The first kappa shape index (κ1) is 15.6. The molecule has 0 bridgehead atoms. The van der Waals surface area contributed by atoms with E-state index in [1.807, 2.05) is 24.3 Å². The molecule has 0 radical (unpaired) electrons. The molecule has 0 saturated carbocycles. The van der Waals surface area contributed by atoms with Crippen LogP contribution in [0.25, 0.3) is 0 Å². The maximum atomic E-state index is 12.3. The minimum absolute atomic E-state index is 0.333. The second kappa shape index (κ2) is 5.93. The molecule has 1 aliphatic heterocycles. The van der Waals surface area contributed by atoms with Crippen molar-refractivity contribution in [1.29, 1.82) is 0 Å². The number of benzene rings is 1. The Kier molecular flexibility index (Phi) is 4.42. The third-order valence-corrected chi connectivity index (χ3v) is 4.04. The highest BCUT2D eigenvalue weighted by molar-refractivity contribution is 6.30. The number of nitrogens with zero attached hydrogens (tertiary/aromatic N) is 2. The summed E-state index contributed by atoms with van der Waals surface area (Å²) in [6, 6.07) is 7.58. The summed E-state index contributed by atoms with van der Waals surface area (Å²) in [5.74, 6) is -1.43. The summed E-state index contributed by atoms with van der Waals surface area (Å²) in [4.78, 5) is 27.2. The molecule has 21 heavy (non-hydrogen) atoms. The van der Waals surface area contributed by atoms with Gasteiger partial charge < -0.3 is 14.9 Å². The quantitative estimate of drug-likeness (QED) is 0.869. The average Bonchev–Trinajstić information content (AvgIpc) is 2.46. The van der Waals surface area contributed by atoms with E-state index in [1.165, 1.54) is 13.8 Å². The third-order valence-electron chi connectivity index (χ3n) is 3.81. The van der Waals surface area contributed by atoms with Gasteiger partial charge in [-0.05, 0) is 32.0 Å². The number of rotatable bonds is 3. The molecule has 114 valence electrons. The first-order valence-corrected chi connectivity index (χ1v) is 7.23. The van der Waals surface area contributed by atoms with Crippen LogP contribution >= 0.6 is 11.6 Å². The minimum Gasteiger partial charge on any atom is -0.480 e. The highest BCUT2D eigenvalue weighted by Gasteiger charge is 2.40. The third kappa shape index (κ3) is 3.29. The fraction of sp³-hybridized carbons (Fsp3) is 0.467. The van der Waals surface area contributed by atoms with Gasteiger partial charge in [0, 0.05) is 36.9 Å². The number of piperazine rings is 1. The van der Waals surface area contributed by atoms with Crippen molar-refractivity contribution in [1.82, 2.24) is 4.90 Å². The number of amides is 1. The van der Waals surface area contributed by atoms with Gasteiger partial charge in [0.2, 0.25) is 5.91 Å². The van der Waals surface area contributed by atoms with Crippen LogP contribution in [0.1, 0.15) is 13.8 Å². The Morgan fingerprint density at radius 2 is 1.81 bits per heavy atom. The molecule has 1 aromatic carbocycles. The molecule has 2 rings (SSSR count). The van der Waals surface area contributed by atoms with E-state index in [1.54, 1.807) is 4.90 Å². The predicted molar refractivity (Wildman–Crippen MR) is 81.7 cm³/mol. The van der Waals surface area contributed by atoms with E-state index in [0.717, 1.165) is 5.69 Å². The lowest BCUT2D eigenvalue weighted by atomic mass is 9.91. The molecule has 6 heteroatoms. The Hall–Kier alpha value is -1.75. The SMILES string of the molecule is CC(C)(C(=O)O)C(=O)N1CCN(c2cccc(Cl)c2)CC1. The van der Waals surface area contributed by atoms with Crippen LogP contribution in [0.4, 0.5) is 5.69 Å². The summed E-state index contributed by atoms with van der Waals surface area (Å²) in [5, 5.41) is 9.81. The number of halogens is 1. The van der Waals surface area contributed by atoms with Gasteiger partial charge in [0.25, 0.3) is 0 Å². The van der Waals surface area contributed by atoms with Gasteiger partial charge in [0.1, 0.15) is 5.41 Å². The van der Waals surface area contributed by atoms with E-state index in [-0.39, 0.29) is 5.91 Å². The van der Waals surface area contributed by atoms with E-state index >= 15 is 0 Å². The molecule has 0 atom stereocenters. The van der Waals surface area contributed by atoms with Crippen molar-refractivity contribution in [3.05, 3.63) is 29.3 Å². The predicted octanol–water partition coefficient (Wildman–Crippen LogP) is 2.10. The normalized spacial score (nSPS) is 16.0. The molecule has 0 unspecified atom stereocenters. The molecule has 1 amide bonds. The van der Waals surface area contributed by atoms with Crippen molar-refractivity contribution in [2.75, 3.05) is 31.1 Å². The number of carboxylic acids is 1. The summed E-state index contributed by atoms with van der Waals surface area (Å²) < 4.78 is 0. The van der Waals surface area contributed by atoms with Gasteiger partial charge in [-0.25, -0.2) is 0 Å². The molecule has 0 spiro atoms. The average molecular weight is 311 g/mol. The van der Waals surface area contributed by atoms with Crippen molar-refractivity contribution in [2.45, 2.75) is 13.8 Å². The fourth-order valence-corrected chi connectivity index (χ4v) is 2.51. The number of aliphatic carboxylic acids is 1.